The third-order valence-electron chi connectivity index (χ3n) is 15.4. The Labute approximate surface area is 289 Å². The molecule has 4 aliphatic carbocycles. The van der Waals surface area contributed by atoms with Crippen LogP contribution in [0.5, 0.6) is 0 Å². The molecule has 0 unspecified atom stereocenters. The van der Waals surface area contributed by atoms with E-state index in [0.717, 1.165) is 64.2 Å². The summed E-state index contributed by atoms with van der Waals surface area (Å²) in [6.07, 6.45) is 20.2. The highest BCUT2D eigenvalue weighted by Crippen LogP contribution is 2.76. The van der Waals surface area contributed by atoms with E-state index in [9.17, 15) is 20.1 Å². The Kier molecular flexibility index (Phi) is 12.4. The van der Waals surface area contributed by atoms with Crippen LogP contribution in [0.1, 0.15) is 191 Å². The molecule has 0 radical (unpaired) electrons. The van der Waals surface area contributed by atoms with Crippen molar-refractivity contribution in [1.82, 2.24) is 0 Å². The van der Waals surface area contributed by atoms with E-state index >= 15 is 0 Å². The number of aliphatic hydroxyl groups excluding tert-OH is 1. The van der Waals surface area contributed by atoms with E-state index in [2.05, 4.69) is 41.5 Å². The molecule has 4 fully saturated rings. The van der Waals surface area contributed by atoms with E-state index in [1.807, 2.05) is 20.8 Å². The molecular weight excluding hydrogens is 584 g/mol. The Morgan fingerprint density at radius 1 is 0.745 bits per heavy atom. The van der Waals surface area contributed by atoms with Crippen LogP contribution in [0.15, 0.2) is 0 Å². The van der Waals surface area contributed by atoms with Crippen LogP contribution in [-0.4, -0.2) is 44.7 Å². The molecule has 274 valence electrons. The van der Waals surface area contributed by atoms with Crippen molar-refractivity contribution in [2.24, 2.45) is 45.3 Å². The molecule has 0 saturated heterocycles. The molecule has 0 bridgehead atoms. The van der Waals surface area contributed by atoms with Crippen molar-refractivity contribution in [1.29, 1.82) is 0 Å². The fourth-order valence-corrected chi connectivity index (χ4v) is 12.4. The van der Waals surface area contributed by atoms with Crippen LogP contribution in [0.2, 0.25) is 0 Å². The zero-order valence-electron chi connectivity index (χ0n) is 32.3. The molecule has 5 nitrogen and oxygen atoms in total. The summed E-state index contributed by atoms with van der Waals surface area (Å²) >= 11 is 0. The Balaban J connectivity index is 1.55. The molecule has 3 N–H and O–H groups in total. The summed E-state index contributed by atoms with van der Waals surface area (Å²) in [7, 11) is 0. The van der Waals surface area contributed by atoms with Gasteiger partial charge in [0.25, 0.3) is 0 Å². The normalized spacial score (nSPS) is 39.4. The van der Waals surface area contributed by atoms with Crippen LogP contribution in [0, 0.1) is 45.3 Å². The smallest absolute Gasteiger partial charge is 0.306 e. The van der Waals surface area contributed by atoms with Crippen molar-refractivity contribution in [2.75, 3.05) is 0 Å². The van der Waals surface area contributed by atoms with Gasteiger partial charge in [-0.15, -0.1) is 0 Å². The van der Waals surface area contributed by atoms with Crippen molar-refractivity contribution in [2.45, 2.75) is 214 Å². The zero-order valence-corrected chi connectivity index (χ0v) is 32.3. The SMILES string of the molecule is CCCCCCCCCCCC(=O)O[C@@H]1C[C@@H]2[C@@]3(C)CC[C@H](O)C(C)(C)[C@@H]3CC[C@@]2(C)[C@]2(C)CC[C@H]([C@](C)(O)CCCC(C)(C)O)[C@@H]12. The average molecular weight is 661 g/mol. The van der Waals surface area contributed by atoms with E-state index in [1.54, 1.807) is 0 Å². The highest BCUT2D eigenvalue weighted by Gasteiger charge is 2.72. The van der Waals surface area contributed by atoms with Crippen LogP contribution in [-0.2, 0) is 9.53 Å². The molecular formula is C42H76O5. The van der Waals surface area contributed by atoms with E-state index < -0.39 is 11.2 Å². The average Bonchev–Trinajstić information content (AvgIpc) is 3.35. The molecule has 10 atom stereocenters. The van der Waals surface area contributed by atoms with Crippen molar-refractivity contribution < 1.29 is 24.9 Å². The summed E-state index contributed by atoms with van der Waals surface area (Å²) in [6, 6.07) is 0. The molecule has 0 amide bonds. The van der Waals surface area contributed by atoms with Crippen molar-refractivity contribution >= 4 is 5.97 Å². The number of carbonyl (C=O) groups is 1. The predicted octanol–water partition coefficient (Wildman–Crippen LogP) is 10.2. The fraction of sp³-hybridized carbons (Fsp3) is 0.976. The number of aliphatic hydroxyl groups is 3. The molecule has 0 aromatic rings. The van der Waals surface area contributed by atoms with Crippen LogP contribution >= 0.6 is 0 Å². The van der Waals surface area contributed by atoms with Crippen molar-refractivity contribution in [3.8, 4) is 0 Å². The molecule has 0 aromatic carbocycles. The molecule has 47 heavy (non-hydrogen) atoms. The lowest BCUT2D eigenvalue weighted by Gasteiger charge is -2.70. The Bertz CT molecular complexity index is 1030. The zero-order chi connectivity index (χ0) is 34.9. The monoisotopic (exact) mass is 661 g/mol. The van der Waals surface area contributed by atoms with Crippen LogP contribution in [0.25, 0.3) is 0 Å². The van der Waals surface area contributed by atoms with Gasteiger partial charge in [-0.25, -0.2) is 0 Å². The molecule has 4 saturated carbocycles. The van der Waals surface area contributed by atoms with Gasteiger partial charge in [0.1, 0.15) is 6.10 Å². The van der Waals surface area contributed by atoms with E-state index in [-0.39, 0.29) is 51.7 Å². The number of hydrogen-bond acceptors (Lipinski definition) is 5. The standard InChI is InChI=1S/C42H76O5/c1-10-11-12-13-14-15-16-17-18-20-35(44)47-31-29-33-39(6)26-23-34(43)38(4,5)32(39)22-28-40(33,7)41(8)27-21-30(36(31)41)42(9,46)25-19-24-37(2,3)45/h30-34,36,43,45-46H,10-29H2,1-9H3/t30-,31+,32-,33+,34-,36-,39-,40+,41+,42+/m0/s1. The van der Waals surface area contributed by atoms with Crippen molar-refractivity contribution in [3.63, 3.8) is 0 Å². The topological polar surface area (TPSA) is 87.0 Å². The summed E-state index contributed by atoms with van der Waals surface area (Å²) in [5, 5.41) is 33.7. The summed E-state index contributed by atoms with van der Waals surface area (Å²) in [4.78, 5) is 13.7. The summed E-state index contributed by atoms with van der Waals surface area (Å²) in [5.41, 5.74) is -1.63. The molecule has 4 aliphatic rings. The van der Waals surface area contributed by atoms with Gasteiger partial charge in [0, 0.05) is 12.3 Å². The minimum absolute atomic E-state index is 0.0439. The Morgan fingerprint density at radius 2 is 1.34 bits per heavy atom. The van der Waals surface area contributed by atoms with Gasteiger partial charge >= 0.3 is 5.97 Å². The molecule has 0 aliphatic heterocycles. The van der Waals surface area contributed by atoms with Crippen LogP contribution in [0.4, 0.5) is 0 Å². The van der Waals surface area contributed by atoms with E-state index in [4.69, 9.17) is 4.74 Å². The second-order valence-corrected chi connectivity index (χ2v) is 19.4. The number of rotatable bonds is 16. The maximum Gasteiger partial charge on any atom is 0.306 e. The van der Waals surface area contributed by atoms with Gasteiger partial charge in [0.05, 0.1) is 17.3 Å². The minimum atomic E-state index is -0.878. The fourth-order valence-electron chi connectivity index (χ4n) is 12.4. The maximum atomic E-state index is 13.7. The third kappa shape index (κ3) is 7.98. The Hall–Kier alpha value is -0.650. The highest BCUT2D eigenvalue weighted by atomic mass is 16.5. The van der Waals surface area contributed by atoms with E-state index in [1.165, 1.54) is 44.9 Å². The second kappa shape index (κ2) is 14.9. The molecule has 0 aromatic heterocycles. The van der Waals surface area contributed by atoms with Gasteiger partial charge in [0.15, 0.2) is 0 Å². The number of hydrogen-bond donors (Lipinski definition) is 3. The van der Waals surface area contributed by atoms with Crippen LogP contribution in [0.3, 0.4) is 0 Å². The highest BCUT2D eigenvalue weighted by molar-refractivity contribution is 5.69. The van der Waals surface area contributed by atoms with Crippen molar-refractivity contribution in [3.05, 3.63) is 0 Å². The first-order chi connectivity index (χ1) is 21.8. The first kappa shape index (κ1) is 39.1. The number of unbranched alkanes of at least 4 members (excludes halogenated alkanes) is 8. The quantitative estimate of drug-likeness (QED) is 0.113. The number of esters is 1. The summed E-state index contributed by atoms with van der Waals surface area (Å²) in [6.45, 7) is 20.1. The summed E-state index contributed by atoms with van der Waals surface area (Å²) in [5.74, 6) is 0.986. The molecule has 4 rings (SSSR count). The van der Waals surface area contributed by atoms with Gasteiger partial charge in [-0.1, -0.05) is 92.9 Å². The first-order valence-electron chi connectivity index (χ1n) is 20.2. The number of ether oxygens (including phenoxy) is 1. The number of carbonyl (C=O) groups excluding carboxylic acids is 1. The lowest BCUT2D eigenvalue weighted by molar-refractivity contribution is -0.251. The van der Waals surface area contributed by atoms with Gasteiger partial charge in [0.2, 0.25) is 0 Å². The molecule has 0 spiro atoms. The van der Waals surface area contributed by atoms with Gasteiger partial charge in [-0.05, 0) is 131 Å². The van der Waals surface area contributed by atoms with Gasteiger partial charge in [-0.2, -0.15) is 0 Å². The van der Waals surface area contributed by atoms with E-state index in [0.29, 0.717) is 31.1 Å². The lowest BCUT2D eigenvalue weighted by atomic mass is 9.35. The Morgan fingerprint density at radius 3 is 1.96 bits per heavy atom. The number of fused-ring (bicyclic) bond motifs is 5. The second-order valence-electron chi connectivity index (χ2n) is 19.4. The molecule has 0 heterocycles. The largest absolute Gasteiger partial charge is 0.462 e. The third-order valence-corrected chi connectivity index (χ3v) is 15.4. The van der Waals surface area contributed by atoms with Gasteiger partial charge in [-0.3, -0.25) is 4.79 Å². The molecule has 5 heteroatoms. The summed E-state index contributed by atoms with van der Waals surface area (Å²) < 4.78 is 6.68. The maximum absolute atomic E-state index is 13.7. The predicted molar refractivity (Wildman–Crippen MR) is 193 cm³/mol. The first-order valence-corrected chi connectivity index (χ1v) is 20.2. The van der Waals surface area contributed by atoms with Crippen LogP contribution < -0.4 is 0 Å². The lowest BCUT2D eigenvalue weighted by Crippen LogP contribution is -2.67. The van der Waals surface area contributed by atoms with Gasteiger partial charge < -0.3 is 20.1 Å². The minimum Gasteiger partial charge on any atom is -0.462 e.